The lowest BCUT2D eigenvalue weighted by molar-refractivity contribution is 0.0780. The van der Waals surface area contributed by atoms with E-state index in [0.29, 0.717) is 17.3 Å². The Hall–Kier alpha value is -2.01. The third kappa shape index (κ3) is 2.36. The van der Waals surface area contributed by atoms with E-state index in [-0.39, 0.29) is 12.5 Å². The van der Waals surface area contributed by atoms with Crippen molar-refractivity contribution in [2.45, 2.75) is 12.8 Å². The van der Waals surface area contributed by atoms with Crippen molar-refractivity contribution in [3.8, 4) is 0 Å². The highest BCUT2D eigenvalue weighted by Crippen LogP contribution is 2.23. The standard InChI is InChI=1S/C15H19N3O2/c16-12-1-2-13-11(7-12)8-14(17-13)15(20)18-5-3-10(9-18)4-6-19/h1-2,7-8,10,17,19H,3-6,9,16H2. The number of carbonyl (C=O) groups excluding carboxylic acids is 1. The van der Waals surface area contributed by atoms with Gasteiger partial charge in [0.05, 0.1) is 0 Å². The Labute approximate surface area is 117 Å². The summed E-state index contributed by atoms with van der Waals surface area (Å²) in [5, 5.41) is 9.93. The zero-order valence-electron chi connectivity index (χ0n) is 11.3. The molecule has 5 heteroatoms. The van der Waals surface area contributed by atoms with Crippen molar-refractivity contribution in [1.29, 1.82) is 0 Å². The van der Waals surface area contributed by atoms with Crippen LogP contribution in [0.5, 0.6) is 0 Å². The highest BCUT2D eigenvalue weighted by atomic mass is 16.3. The molecule has 1 unspecified atom stereocenters. The Kier molecular flexibility index (Phi) is 3.36. The van der Waals surface area contributed by atoms with Gasteiger partial charge >= 0.3 is 0 Å². The first-order chi connectivity index (χ1) is 9.67. The Balaban J connectivity index is 1.79. The average Bonchev–Trinajstić information content (AvgIpc) is 3.04. The number of aliphatic hydroxyl groups excluding tert-OH is 1. The number of likely N-dealkylation sites (tertiary alicyclic amines) is 1. The number of carbonyl (C=O) groups is 1. The van der Waals surface area contributed by atoms with E-state index in [2.05, 4.69) is 4.98 Å². The van der Waals surface area contributed by atoms with E-state index in [1.165, 1.54) is 0 Å². The van der Waals surface area contributed by atoms with E-state index >= 15 is 0 Å². The molecule has 4 N–H and O–H groups in total. The summed E-state index contributed by atoms with van der Waals surface area (Å²) in [6.07, 6.45) is 1.74. The van der Waals surface area contributed by atoms with E-state index in [9.17, 15) is 4.79 Å². The molecule has 1 aromatic heterocycles. The van der Waals surface area contributed by atoms with Gasteiger partial charge in [-0.3, -0.25) is 4.79 Å². The molecule has 1 amide bonds. The third-order valence-corrected chi connectivity index (χ3v) is 3.99. The van der Waals surface area contributed by atoms with Crippen molar-refractivity contribution in [2.24, 2.45) is 5.92 Å². The van der Waals surface area contributed by atoms with Gasteiger partial charge in [-0.2, -0.15) is 0 Å². The van der Waals surface area contributed by atoms with Gasteiger partial charge in [0, 0.05) is 36.3 Å². The van der Waals surface area contributed by atoms with E-state index in [1.54, 1.807) is 0 Å². The lowest BCUT2D eigenvalue weighted by atomic mass is 10.1. The fraction of sp³-hybridized carbons (Fsp3) is 0.400. The predicted octanol–water partition coefficient (Wildman–Crippen LogP) is 1.59. The predicted molar refractivity (Wildman–Crippen MR) is 78.4 cm³/mol. The molecule has 0 radical (unpaired) electrons. The lowest BCUT2D eigenvalue weighted by Crippen LogP contribution is -2.29. The summed E-state index contributed by atoms with van der Waals surface area (Å²) in [5.74, 6) is 0.448. The van der Waals surface area contributed by atoms with Crippen LogP contribution >= 0.6 is 0 Å². The molecular formula is C15H19N3O2. The zero-order valence-corrected chi connectivity index (χ0v) is 11.3. The van der Waals surface area contributed by atoms with Gasteiger partial charge < -0.3 is 20.7 Å². The number of hydrogen-bond acceptors (Lipinski definition) is 3. The molecule has 2 heterocycles. The van der Waals surface area contributed by atoms with Crippen molar-refractivity contribution in [2.75, 3.05) is 25.4 Å². The number of anilines is 1. The molecule has 0 spiro atoms. The van der Waals surface area contributed by atoms with E-state index in [4.69, 9.17) is 10.8 Å². The molecule has 106 valence electrons. The minimum absolute atomic E-state index is 0.0280. The number of hydrogen-bond donors (Lipinski definition) is 3. The molecule has 1 saturated heterocycles. The van der Waals surface area contributed by atoms with Crippen LogP contribution < -0.4 is 5.73 Å². The van der Waals surface area contributed by atoms with Gasteiger partial charge in [-0.1, -0.05) is 0 Å². The number of nitrogens with one attached hydrogen (secondary N) is 1. The molecule has 1 atom stereocenters. The Bertz CT molecular complexity index is 635. The fourth-order valence-electron chi connectivity index (χ4n) is 2.87. The van der Waals surface area contributed by atoms with Crippen LogP contribution in [0.3, 0.4) is 0 Å². The minimum Gasteiger partial charge on any atom is -0.399 e. The first-order valence-corrected chi connectivity index (χ1v) is 6.96. The highest BCUT2D eigenvalue weighted by molar-refractivity contribution is 5.98. The topological polar surface area (TPSA) is 82.4 Å². The van der Waals surface area contributed by atoms with Crippen molar-refractivity contribution in [3.05, 3.63) is 30.0 Å². The highest BCUT2D eigenvalue weighted by Gasteiger charge is 2.27. The molecule has 3 rings (SSSR count). The number of H-pyrrole nitrogens is 1. The molecule has 5 nitrogen and oxygen atoms in total. The maximum Gasteiger partial charge on any atom is 0.270 e. The number of aromatic amines is 1. The number of aromatic nitrogens is 1. The second-order valence-electron chi connectivity index (χ2n) is 5.45. The summed E-state index contributed by atoms with van der Waals surface area (Å²) in [6, 6.07) is 7.43. The summed E-state index contributed by atoms with van der Waals surface area (Å²) in [7, 11) is 0. The molecule has 1 fully saturated rings. The van der Waals surface area contributed by atoms with Crippen LogP contribution in [0.15, 0.2) is 24.3 Å². The third-order valence-electron chi connectivity index (χ3n) is 3.99. The maximum absolute atomic E-state index is 12.5. The van der Waals surface area contributed by atoms with E-state index < -0.39 is 0 Å². The van der Waals surface area contributed by atoms with Crippen LogP contribution in [0.25, 0.3) is 10.9 Å². The van der Waals surface area contributed by atoms with Gasteiger partial charge in [0.1, 0.15) is 5.69 Å². The summed E-state index contributed by atoms with van der Waals surface area (Å²) in [6.45, 7) is 1.69. The summed E-state index contributed by atoms with van der Waals surface area (Å²) >= 11 is 0. The summed E-state index contributed by atoms with van der Waals surface area (Å²) in [4.78, 5) is 17.5. The molecule has 2 aromatic rings. The second-order valence-corrected chi connectivity index (χ2v) is 5.45. The number of nitrogens with zero attached hydrogens (tertiary/aromatic N) is 1. The Morgan fingerprint density at radius 1 is 1.45 bits per heavy atom. The SMILES string of the molecule is Nc1ccc2[nH]c(C(=O)N3CCC(CCO)C3)cc2c1. The zero-order chi connectivity index (χ0) is 14.1. The van der Waals surface area contributed by atoms with Gasteiger partial charge in [0.2, 0.25) is 0 Å². The fourth-order valence-corrected chi connectivity index (χ4v) is 2.87. The van der Waals surface area contributed by atoms with Crippen molar-refractivity contribution in [1.82, 2.24) is 9.88 Å². The minimum atomic E-state index is 0.0280. The largest absolute Gasteiger partial charge is 0.399 e. The first kappa shape index (κ1) is 13.0. The van der Waals surface area contributed by atoms with Gasteiger partial charge in [-0.05, 0) is 43.0 Å². The normalized spacial score (nSPS) is 18.9. The van der Waals surface area contributed by atoms with Crippen molar-refractivity contribution < 1.29 is 9.90 Å². The molecule has 1 aromatic carbocycles. The van der Waals surface area contributed by atoms with Crippen molar-refractivity contribution in [3.63, 3.8) is 0 Å². The molecule has 1 aliphatic rings. The number of nitrogen functional groups attached to an aromatic ring is 1. The maximum atomic E-state index is 12.5. The number of benzene rings is 1. The summed E-state index contributed by atoms with van der Waals surface area (Å²) < 4.78 is 0. The monoisotopic (exact) mass is 273 g/mol. The second kappa shape index (κ2) is 5.17. The molecule has 20 heavy (non-hydrogen) atoms. The smallest absolute Gasteiger partial charge is 0.270 e. The van der Waals surface area contributed by atoms with Gasteiger partial charge in [-0.15, -0.1) is 0 Å². The van der Waals surface area contributed by atoms with E-state index in [1.807, 2.05) is 29.2 Å². The Morgan fingerprint density at radius 3 is 3.10 bits per heavy atom. The average molecular weight is 273 g/mol. The van der Waals surface area contributed by atoms with Crippen LogP contribution in [0.1, 0.15) is 23.3 Å². The quantitative estimate of drug-likeness (QED) is 0.743. The number of aliphatic hydroxyl groups is 1. The van der Waals surface area contributed by atoms with Crippen LogP contribution in [0, 0.1) is 5.92 Å². The molecule has 0 saturated carbocycles. The van der Waals surface area contributed by atoms with Crippen LogP contribution in [0.4, 0.5) is 5.69 Å². The summed E-state index contributed by atoms with van der Waals surface area (Å²) in [5.41, 5.74) is 7.98. The molecule has 0 bridgehead atoms. The van der Waals surface area contributed by atoms with Gasteiger partial charge in [0.15, 0.2) is 0 Å². The van der Waals surface area contributed by atoms with Crippen LogP contribution in [-0.4, -0.2) is 40.6 Å². The van der Waals surface area contributed by atoms with E-state index in [0.717, 1.165) is 36.8 Å². The number of fused-ring (bicyclic) bond motifs is 1. The van der Waals surface area contributed by atoms with Crippen LogP contribution in [0.2, 0.25) is 0 Å². The molecule has 0 aliphatic carbocycles. The first-order valence-electron chi connectivity index (χ1n) is 6.96. The molecular weight excluding hydrogens is 254 g/mol. The lowest BCUT2D eigenvalue weighted by Gasteiger charge is -2.15. The number of nitrogens with two attached hydrogens (primary N) is 1. The number of rotatable bonds is 3. The van der Waals surface area contributed by atoms with Crippen molar-refractivity contribution >= 4 is 22.5 Å². The Morgan fingerprint density at radius 2 is 2.30 bits per heavy atom. The van der Waals surface area contributed by atoms with Gasteiger partial charge in [0.25, 0.3) is 5.91 Å². The molecule has 1 aliphatic heterocycles. The van der Waals surface area contributed by atoms with Crippen LogP contribution in [-0.2, 0) is 0 Å². The van der Waals surface area contributed by atoms with Gasteiger partial charge in [-0.25, -0.2) is 0 Å². The number of amides is 1.